The summed E-state index contributed by atoms with van der Waals surface area (Å²) in [6.45, 7) is 0.714. The number of amides is 1. The van der Waals surface area contributed by atoms with Crippen molar-refractivity contribution in [3.8, 4) is 11.1 Å². The van der Waals surface area contributed by atoms with Crippen LogP contribution in [0.4, 0.5) is 5.69 Å². The summed E-state index contributed by atoms with van der Waals surface area (Å²) in [7, 11) is -3.56. The molecule has 0 saturated carbocycles. The van der Waals surface area contributed by atoms with E-state index in [0.29, 0.717) is 29.1 Å². The normalized spacial score (nSPS) is 13.8. The molecule has 5 nitrogen and oxygen atoms in total. The van der Waals surface area contributed by atoms with E-state index in [2.05, 4.69) is 5.32 Å². The number of carbonyl (C=O) groups excluding carboxylic acids is 1. The van der Waals surface area contributed by atoms with E-state index in [0.717, 1.165) is 22.3 Å². The molecule has 1 aliphatic rings. The molecular formula is C28H24N2O3S. The van der Waals surface area contributed by atoms with E-state index in [-0.39, 0.29) is 12.5 Å². The van der Waals surface area contributed by atoms with Crippen molar-refractivity contribution in [2.45, 2.75) is 17.9 Å². The Kier molecular flexibility index (Phi) is 6.01. The molecule has 6 heteroatoms. The molecule has 4 aromatic rings. The first-order valence-corrected chi connectivity index (χ1v) is 12.6. The van der Waals surface area contributed by atoms with Gasteiger partial charge in [-0.2, -0.15) is 4.31 Å². The first kappa shape index (κ1) is 22.1. The molecule has 4 aromatic carbocycles. The Morgan fingerprint density at radius 1 is 0.735 bits per heavy atom. The molecule has 0 saturated heterocycles. The number of hydrogen-bond donors (Lipinski definition) is 1. The van der Waals surface area contributed by atoms with Crippen LogP contribution >= 0.6 is 0 Å². The second-order valence-corrected chi connectivity index (χ2v) is 10.2. The van der Waals surface area contributed by atoms with Gasteiger partial charge in [-0.25, -0.2) is 8.42 Å². The first-order valence-electron chi connectivity index (χ1n) is 11.1. The molecule has 0 fully saturated rings. The Hall–Kier alpha value is -3.74. The number of nitrogens with one attached hydrogen (secondary N) is 1. The van der Waals surface area contributed by atoms with Crippen molar-refractivity contribution in [2.24, 2.45) is 0 Å². The highest BCUT2D eigenvalue weighted by atomic mass is 32.2. The minimum Gasteiger partial charge on any atom is -0.322 e. The van der Waals surface area contributed by atoms with Crippen LogP contribution in [0.1, 0.15) is 21.5 Å². The van der Waals surface area contributed by atoms with Gasteiger partial charge in [-0.05, 0) is 65.1 Å². The van der Waals surface area contributed by atoms with Crippen molar-refractivity contribution in [3.63, 3.8) is 0 Å². The fourth-order valence-corrected chi connectivity index (χ4v) is 5.64. The summed E-state index contributed by atoms with van der Waals surface area (Å²) in [6, 6.07) is 31.7. The van der Waals surface area contributed by atoms with Crippen molar-refractivity contribution in [3.05, 3.63) is 120 Å². The fourth-order valence-electron chi connectivity index (χ4n) is 4.20. The third-order valence-electron chi connectivity index (χ3n) is 6.08. The van der Waals surface area contributed by atoms with Gasteiger partial charge >= 0.3 is 0 Å². The van der Waals surface area contributed by atoms with Crippen LogP contribution in [0.25, 0.3) is 11.1 Å². The molecule has 34 heavy (non-hydrogen) atoms. The van der Waals surface area contributed by atoms with E-state index in [1.54, 1.807) is 30.3 Å². The maximum Gasteiger partial charge on any atom is 0.255 e. The summed E-state index contributed by atoms with van der Waals surface area (Å²) >= 11 is 0. The maximum atomic E-state index is 13.0. The first-order chi connectivity index (χ1) is 16.5. The van der Waals surface area contributed by atoms with Gasteiger partial charge in [-0.1, -0.05) is 66.7 Å². The number of hydrogen-bond acceptors (Lipinski definition) is 3. The highest BCUT2D eigenvalue weighted by Gasteiger charge is 2.28. The summed E-state index contributed by atoms with van der Waals surface area (Å²) in [4.78, 5) is 13.1. The van der Waals surface area contributed by atoms with Gasteiger partial charge in [-0.15, -0.1) is 0 Å². The second-order valence-electron chi connectivity index (χ2n) is 8.28. The molecular weight excluding hydrogens is 444 g/mol. The molecule has 1 amide bonds. The molecule has 1 N–H and O–H groups in total. The second kappa shape index (κ2) is 9.25. The monoisotopic (exact) mass is 468 g/mol. The van der Waals surface area contributed by atoms with Crippen molar-refractivity contribution < 1.29 is 13.2 Å². The number of rotatable bonds is 5. The summed E-state index contributed by atoms with van der Waals surface area (Å²) in [6.07, 6.45) is 0.635. The number of benzene rings is 4. The zero-order valence-electron chi connectivity index (χ0n) is 18.5. The molecule has 0 bridgehead atoms. The quantitative estimate of drug-likeness (QED) is 0.429. The predicted octanol–water partition coefficient (Wildman–Crippen LogP) is 5.35. The van der Waals surface area contributed by atoms with Crippen LogP contribution in [-0.2, 0) is 23.0 Å². The lowest BCUT2D eigenvalue weighted by Gasteiger charge is -2.28. The van der Waals surface area contributed by atoms with Crippen LogP contribution in [0.3, 0.4) is 0 Å². The number of sulfonamides is 1. The fraction of sp³-hybridized carbons (Fsp3) is 0.107. The Morgan fingerprint density at radius 3 is 2.09 bits per heavy atom. The smallest absolute Gasteiger partial charge is 0.255 e. The van der Waals surface area contributed by atoms with Gasteiger partial charge in [0.1, 0.15) is 0 Å². The largest absolute Gasteiger partial charge is 0.322 e. The highest BCUT2D eigenvalue weighted by Crippen LogP contribution is 2.27. The Balaban J connectivity index is 1.31. The molecule has 1 heterocycles. The average molecular weight is 469 g/mol. The number of fused-ring (bicyclic) bond motifs is 1. The maximum absolute atomic E-state index is 13.0. The third kappa shape index (κ3) is 4.51. The van der Waals surface area contributed by atoms with Crippen LogP contribution in [0.2, 0.25) is 0 Å². The molecule has 0 unspecified atom stereocenters. The van der Waals surface area contributed by atoms with E-state index in [4.69, 9.17) is 0 Å². The van der Waals surface area contributed by atoms with E-state index in [9.17, 15) is 13.2 Å². The number of carbonyl (C=O) groups is 1. The van der Waals surface area contributed by atoms with Gasteiger partial charge in [0.05, 0.1) is 4.90 Å². The van der Waals surface area contributed by atoms with E-state index in [1.165, 1.54) is 4.31 Å². The topological polar surface area (TPSA) is 66.5 Å². The zero-order chi connectivity index (χ0) is 23.5. The number of anilines is 1. The zero-order valence-corrected chi connectivity index (χ0v) is 19.3. The van der Waals surface area contributed by atoms with Gasteiger partial charge < -0.3 is 5.32 Å². The molecule has 0 spiro atoms. The van der Waals surface area contributed by atoms with Crippen LogP contribution < -0.4 is 5.32 Å². The predicted molar refractivity (Wildman–Crippen MR) is 134 cm³/mol. The molecule has 170 valence electrons. The minimum atomic E-state index is -3.56. The van der Waals surface area contributed by atoms with Crippen molar-refractivity contribution in [1.29, 1.82) is 0 Å². The van der Waals surface area contributed by atoms with Gasteiger partial charge in [-0.3, -0.25) is 4.79 Å². The van der Waals surface area contributed by atoms with Gasteiger partial charge in [0, 0.05) is 24.3 Å². The van der Waals surface area contributed by atoms with Crippen molar-refractivity contribution >= 4 is 21.6 Å². The van der Waals surface area contributed by atoms with Gasteiger partial charge in [0.25, 0.3) is 5.91 Å². The highest BCUT2D eigenvalue weighted by molar-refractivity contribution is 7.89. The lowest BCUT2D eigenvalue weighted by atomic mass is 10.0. The third-order valence-corrected chi connectivity index (χ3v) is 7.94. The van der Waals surface area contributed by atoms with E-state index in [1.807, 2.05) is 72.8 Å². The number of nitrogens with zero attached hydrogens (tertiary/aromatic N) is 1. The van der Waals surface area contributed by atoms with E-state index >= 15 is 0 Å². The molecule has 0 aromatic heterocycles. The summed E-state index contributed by atoms with van der Waals surface area (Å²) < 4.78 is 27.6. The lowest BCUT2D eigenvalue weighted by molar-refractivity contribution is 0.102. The van der Waals surface area contributed by atoms with Crippen LogP contribution in [-0.4, -0.2) is 25.2 Å². The minimum absolute atomic E-state index is 0.205. The van der Waals surface area contributed by atoms with Gasteiger partial charge in [0.2, 0.25) is 10.0 Å². The van der Waals surface area contributed by atoms with Gasteiger partial charge in [0.15, 0.2) is 0 Å². The Labute approximate surface area is 199 Å². The summed E-state index contributed by atoms with van der Waals surface area (Å²) in [5, 5.41) is 2.95. The lowest BCUT2D eigenvalue weighted by Crippen LogP contribution is -2.36. The molecule has 5 rings (SSSR count). The summed E-state index contributed by atoms with van der Waals surface area (Å²) in [5.41, 5.74) is 5.36. The molecule has 0 aliphatic carbocycles. The standard InChI is InChI=1S/C28H24N2O3S/c31-28(24-13-11-22(12-14-24)21-7-3-1-4-8-21)29-26-16-15-23-17-18-30(20-25(23)19-26)34(32,33)27-9-5-2-6-10-27/h1-16,19H,17-18,20H2,(H,29,31). The van der Waals surface area contributed by atoms with E-state index < -0.39 is 10.0 Å². The van der Waals surface area contributed by atoms with Crippen LogP contribution in [0.5, 0.6) is 0 Å². The van der Waals surface area contributed by atoms with Crippen LogP contribution in [0, 0.1) is 0 Å². The molecule has 0 atom stereocenters. The summed E-state index contributed by atoms with van der Waals surface area (Å²) in [5.74, 6) is -0.205. The van der Waals surface area contributed by atoms with Crippen LogP contribution in [0.15, 0.2) is 108 Å². The molecule has 1 aliphatic heterocycles. The average Bonchev–Trinajstić information content (AvgIpc) is 2.89. The Bertz CT molecular complexity index is 1420. The Morgan fingerprint density at radius 2 is 1.38 bits per heavy atom. The van der Waals surface area contributed by atoms with Crippen molar-refractivity contribution in [1.82, 2.24) is 4.31 Å². The van der Waals surface area contributed by atoms with Crippen molar-refractivity contribution in [2.75, 3.05) is 11.9 Å². The SMILES string of the molecule is O=C(Nc1ccc2c(c1)CN(S(=O)(=O)c1ccccc1)CC2)c1ccc(-c2ccccc2)cc1. The molecule has 0 radical (unpaired) electrons.